The molecule has 0 aliphatic heterocycles. The van der Waals surface area contributed by atoms with Gasteiger partial charge in [-0.05, 0) is 35.1 Å². The molecule has 0 bridgehead atoms. The fourth-order valence-corrected chi connectivity index (χ4v) is 3.05. The Morgan fingerprint density at radius 1 is 0.700 bits per heavy atom. The van der Waals surface area contributed by atoms with Crippen molar-refractivity contribution in [3.8, 4) is 0 Å². The van der Waals surface area contributed by atoms with Crippen LogP contribution >= 0.6 is 0 Å². The van der Waals surface area contributed by atoms with Crippen LogP contribution in [0.4, 0.5) is 26.3 Å². The predicted octanol–water partition coefficient (Wildman–Crippen LogP) is 6.68. The van der Waals surface area contributed by atoms with E-state index in [2.05, 4.69) is 13.2 Å². The van der Waals surface area contributed by atoms with Gasteiger partial charge in [0.05, 0.1) is 0 Å². The molecule has 2 unspecified atom stereocenters. The standard InChI is InChI=1S/C23H20F6O/c1-3-15-5-9-17(10-6-15)13-19(22(24,25)26)21(30)20(23(27,28)29)14-18-11-7-16(4-2)8-12-18/h3-12,19-20H,1-2,13-14H2. The number of ketones is 1. The Labute approximate surface area is 170 Å². The summed E-state index contributed by atoms with van der Waals surface area (Å²) in [6.07, 6.45) is -8.97. The highest BCUT2D eigenvalue weighted by atomic mass is 19.4. The molecule has 0 radical (unpaired) electrons. The topological polar surface area (TPSA) is 17.1 Å². The van der Waals surface area contributed by atoms with Crippen molar-refractivity contribution in [2.45, 2.75) is 25.2 Å². The molecular weight excluding hydrogens is 406 g/mol. The van der Waals surface area contributed by atoms with Gasteiger partial charge in [0, 0.05) is 0 Å². The van der Waals surface area contributed by atoms with E-state index < -0.39 is 42.8 Å². The first kappa shape index (κ1) is 23.4. The first-order chi connectivity index (χ1) is 14.0. The second-order valence-electron chi connectivity index (χ2n) is 6.89. The van der Waals surface area contributed by atoms with Crippen molar-refractivity contribution in [2.75, 3.05) is 0 Å². The van der Waals surface area contributed by atoms with Gasteiger partial charge < -0.3 is 0 Å². The zero-order valence-corrected chi connectivity index (χ0v) is 15.9. The molecule has 0 fully saturated rings. The summed E-state index contributed by atoms with van der Waals surface area (Å²) in [5, 5.41) is 0. The third kappa shape index (κ3) is 6.08. The molecule has 0 spiro atoms. The van der Waals surface area contributed by atoms with Crippen LogP contribution in [-0.2, 0) is 17.6 Å². The Morgan fingerprint density at radius 2 is 1.00 bits per heavy atom. The van der Waals surface area contributed by atoms with Gasteiger partial charge in [0.25, 0.3) is 0 Å². The van der Waals surface area contributed by atoms with E-state index in [1.807, 2.05) is 0 Å². The smallest absolute Gasteiger partial charge is 0.298 e. The molecule has 160 valence electrons. The molecule has 2 aromatic carbocycles. The van der Waals surface area contributed by atoms with Gasteiger partial charge in [-0.15, -0.1) is 0 Å². The zero-order valence-electron chi connectivity index (χ0n) is 15.9. The Bertz CT molecular complexity index is 802. The van der Waals surface area contributed by atoms with Gasteiger partial charge in [0.2, 0.25) is 0 Å². The Morgan fingerprint density at radius 3 is 1.23 bits per heavy atom. The summed E-state index contributed by atoms with van der Waals surface area (Å²) in [7, 11) is 0. The van der Waals surface area contributed by atoms with Crippen LogP contribution in [0.5, 0.6) is 0 Å². The first-order valence-corrected chi connectivity index (χ1v) is 9.05. The van der Waals surface area contributed by atoms with Gasteiger partial charge in [0.15, 0.2) is 5.78 Å². The van der Waals surface area contributed by atoms with E-state index in [1.165, 1.54) is 60.7 Å². The highest BCUT2D eigenvalue weighted by Crippen LogP contribution is 2.38. The van der Waals surface area contributed by atoms with Gasteiger partial charge in [0.1, 0.15) is 11.8 Å². The van der Waals surface area contributed by atoms with Crippen molar-refractivity contribution < 1.29 is 31.1 Å². The summed E-state index contributed by atoms with van der Waals surface area (Å²) in [6.45, 7) is 7.05. The van der Waals surface area contributed by atoms with Crippen LogP contribution in [-0.4, -0.2) is 18.1 Å². The van der Waals surface area contributed by atoms with Gasteiger partial charge in [-0.25, -0.2) is 0 Å². The lowest BCUT2D eigenvalue weighted by Gasteiger charge is -2.26. The molecule has 30 heavy (non-hydrogen) atoms. The van der Waals surface area contributed by atoms with E-state index in [0.717, 1.165) is 0 Å². The largest absolute Gasteiger partial charge is 0.398 e. The molecule has 2 aromatic rings. The highest BCUT2D eigenvalue weighted by Gasteiger charge is 2.53. The minimum Gasteiger partial charge on any atom is -0.298 e. The molecule has 0 aliphatic rings. The van der Waals surface area contributed by atoms with Gasteiger partial charge >= 0.3 is 12.4 Å². The molecule has 0 saturated carbocycles. The number of carbonyl (C=O) groups excluding carboxylic acids is 1. The zero-order chi connectivity index (χ0) is 22.5. The molecule has 0 heterocycles. The molecule has 0 aliphatic carbocycles. The maximum absolute atomic E-state index is 13.6. The number of carbonyl (C=O) groups is 1. The van der Waals surface area contributed by atoms with Crippen LogP contribution in [0.1, 0.15) is 22.3 Å². The van der Waals surface area contributed by atoms with Crippen LogP contribution in [0.3, 0.4) is 0 Å². The minimum atomic E-state index is -5.11. The predicted molar refractivity (Wildman–Crippen MR) is 105 cm³/mol. The summed E-state index contributed by atoms with van der Waals surface area (Å²) < 4.78 is 81.4. The monoisotopic (exact) mass is 426 g/mol. The average Bonchev–Trinajstić information content (AvgIpc) is 2.69. The van der Waals surface area contributed by atoms with Crippen LogP contribution in [0, 0.1) is 11.8 Å². The number of hydrogen-bond donors (Lipinski definition) is 0. The van der Waals surface area contributed by atoms with Gasteiger partial charge in [-0.1, -0.05) is 73.8 Å². The Kier molecular flexibility index (Phi) is 7.29. The third-order valence-electron chi connectivity index (χ3n) is 4.79. The molecule has 0 N–H and O–H groups in total. The van der Waals surface area contributed by atoms with Crippen molar-refractivity contribution in [3.05, 3.63) is 83.9 Å². The van der Waals surface area contributed by atoms with Crippen molar-refractivity contribution >= 4 is 17.9 Å². The summed E-state index contributed by atoms with van der Waals surface area (Å²) in [4.78, 5) is 12.5. The molecule has 2 rings (SSSR count). The molecular formula is C23H20F6O. The van der Waals surface area contributed by atoms with Gasteiger partial charge in [-0.2, -0.15) is 26.3 Å². The van der Waals surface area contributed by atoms with E-state index in [-0.39, 0.29) is 11.1 Å². The second kappa shape index (κ2) is 9.32. The maximum Gasteiger partial charge on any atom is 0.398 e. The van der Waals surface area contributed by atoms with E-state index >= 15 is 0 Å². The average molecular weight is 426 g/mol. The number of benzene rings is 2. The molecule has 0 aromatic heterocycles. The van der Waals surface area contributed by atoms with E-state index in [0.29, 0.717) is 11.1 Å². The lowest BCUT2D eigenvalue weighted by atomic mass is 9.83. The number of alkyl halides is 6. The second-order valence-corrected chi connectivity index (χ2v) is 6.89. The summed E-state index contributed by atoms with van der Waals surface area (Å²) in [5.74, 6) is -7.40. The molecule has 7 heteroatoms. The normalized spacial score (nSPS) is 14.1. The molecule has 0 amide bonds. The first-order valence-electron chi connectivity index (χ1n) is 9.05. The van der Waals surface area contributed by atoms with Crippen molar-refractivity contribution in [2.24, 2.45) is 11.8 Å². The molecule has 1 nitrogen and oxygen atoms in total. The van der Waals surface area contributed by atoms with E-state index in [4.69, 9.17) is 0 Å². The number of Topliss-reactive ketones (excluding diaryl/α,β-unsaturated/α-hetero) is 1. The third-order valence-corrected chi connectivity index (χ3v) is 4.79. The summed E-state index contributed by atoms with van der Waals surface area (Å²) >= 11 is 0. The van der Waals surface area contributed by atoms with Crippen molar-refractivity contribution in [1.82, 2.24) is 0 Å². The lowest BCUT2D eigenvalue weighted by molar-refractivity contribution is -0.206. The molecule has 0 saturated heterocycles. The quantitative estimate of drug-likeness (QED) is 0.430. The fraction of sp³-hybridized carbons (Fsp3) is 0.261. The van der Waals surface area contributed by atoms with Crippen LogP contribution in [0.2, 0.25) is 0 Å². The van der Waals surface area contributed by atoms with E-state index in [1.54, 1.807) is 0 Å². The lowest BCUT2D eigenvalue weighted by Crippen LogP contribution is -2.43. The Balaban J connectivity index is 2.33. The van der Waals surface area contributed by atoms with Crippen LogP contribution < -0.4 is 0 Å². The number of halogens is 6. The van der Waals surface area contributed by atoms with Crippen molar-refractivity contribution in [3.63, 3.8) is 0 Å². The SMILES string of the molecule is C=Cc1ccc(CC(C(=O)C(Cc2ccc(C=C)cc2)C(F)(F)F)C(F)(F)F)cc1. The van der Waals surface area contributed by atoms with Gasteiger partial charge in [-0.3, -0.25) is 4.79 Å². The maximum atomic E-state index is 13.6. The number of rotatable bonds is 8. The minimum absolute atomic E-state index is 0.118. The van der Waals surface area contributed by atoms with E-state index in [9.17, 15) is 31.1 Å². The Hall–Kier alpha value is -2.83. The summed E-state index contributed by atoms with van der Waals surface area (Å²) in [6, 6.07) is 11.3. The summed E-state index contributed by atoms with van der Waals surface area (Å²) in [5.41, 5.74) is 1.52. The fourth-order valence-electron chi connectivity index (χ4n) is 3.05. The van der Waals surface area contributed by atoms with Crippen LogP contribution in [0.25, 0.3) is 12.2 Å². The highest BCUT2D eigenvalue weighted by molar-refractivity contribution is 5.85. The van der Waals surface area contributed by atoms with Crippen molar-refractivity contribution in [1.29, 1.82) is 0 Å². The van der Waals surface area contributed by atoms with Crippen LogP contribution in [0.15, 0.2) is 61.7 Å². The number of hydrogen-bond acceptors (Lipinski definition) is 1. The molecule has 2 atom stereocenters.